The molecule has 1 aromatic heterocycles. The first-order valence-electron chi connectivity index (χ1n) is 7.28. The molecule has 2 amide bonds. The molecule has 0 fully saturated rings. The highest BCUT2D eigenvalue weighted by atomic mass is 16.5. The van der Waals surface area contributed by atoms with Gasteiger partial charge in [-0.3, -0.25) is 9.59 Å². The van der Waals surface area contributed by atoms with Gasteiger partial charge in [0.15, 0.2) is 0 Å². The maximum absolute atomic E-state index is 12.3. The van der Waals surface area contributed by atoms with Gasteiger partial charge in [-0.25, -0.2) is 4.98 Å². The Morgan fingerprint density at radius 2 is 1.83 bits per heavy atom. The Labute approximate surface area is 134 Å². The summed E-state index contributed by atoms with van der Waals surface area (Å²) in [5.41, 5.74) is 2.52. The fourth-order valence-corrected chi connectivity index (χ4v) is 2.04. The summed E-state index contributed by atoms with van der Waals surface area (Å²) in [5.74, 6) is 0.0452. The number of ether oxygens (including phenoxy) is 1. The Bertz CT molecular complexity index is 712. The van der Waals surface area contributed by atoms with E-state index in [1.165, 1.54) is 13.1 Å². The number of hydrogen-bond acceptors (Lipinski definition) is 4. The van der Waals surface area contributed by atoms with Gasteiger partial charge in [0.1, 0.15) is 0 Å². The lowest BCUT2D eigenvalue weighted by atomic mass is 10.1. The van der Waals surface area contributed by atoms with Crippen LogP contribution in [0.15, 0.2) is 36.5 Å². The first-order chi connectivity index (χ1) is 11.0. The van der Waals surface area contributed by atoms with Crippen LogP contribution in [-0.2, 0) is 4.79 Å². The lowest BCUT2D eigenvalue weighted by Gasteiger charge is -2.12. The van der Waals surface area contributed by atoms with Crippen molar-refractivity contribution in [1.29, 1.82) is 0 Å². The van der Waals surface area contributed by atoms with Crippen LogP contribution in [0.2, 0.25) is 0 Å². The molecular weight excluding hydrogens is 294 g/mol. The van der Waals surface area contributed by atoms with Crippen LogP contribution in [-0.4, -0.2) is 23.4 Å². The third-order valence-electron chi connectivity index (χ3n) is 3.18. The number of nitrogens with one attached hydrogen (secondary N) is 2. The van der Waals surface area contributed by atoms with E-state index in [0.29, 0.717) is 29.4 Å². The predicted octanol–water partition coefficient (Wildman–Crippen LogP) is 3.00. The topological polar surface area (TPSA) is 80.3 Å². The number of hydrogen-bond donors (Lipinski definition) is 2. The van der Waals surface area contributed by atoms with Gasteiger partial charge in [0.2, 0.25) is 11.8 Å². The molecule has 0 saturated heterocycles. The Morgan fingerprint density at radius 1 is 1.13 bits per heavy atom. The molecule has 0 aliphatic rings. The number of carbonyl (C=O) groups is 2. The molecule has 0 unspecified atom stereocenters. The molecule has 23 heavy (non-hydrogen) atoms. The summed E-state index contributed by atoms with van der Waals surface area (Å²) in [6.45, 7) is 5.66. The summed E-state index contributed by atoms with van der Waals surface area (Å²) < 4.78 is 5.25. The van der Waals surface area contributed by atoms with Crippen LogP contribution in [0, 0.1) is 6.92 Å². The summed E-state index contributed by atoms with van der Waals surface area (Å²) >= 11 is 0. The molecule has 0 atom stereocenters. The molecule has 120 valence electrons. The average Bonchev–Trinajstić information content (AvgIpc) is 2.52. The quantitative estimate of drug-likeness (QED) is 0.889. The van der Waals surface area contributed by atoms with E-state index >= 15 is 0 Å². The Balaban J connectivity index is 2.15. The van der Waals surface area contributed by atoms with Gasteiger partial charge in [-0.05, 0) is 37.6 Å². The fourth-order valence-electron chi connectivity index (χ4n) is 2.04. The number of anilines is 2. The largest absolute Gasteiger partial charge is 0.478 e. The Kier molecular flexibility index (Phi) is 5.30. The zero-order valence-corrected chi connectivity index (χ0v) is 13.3. The van der Waals surface area contributed by atoms with Crippen molar-refractivity contribution in [2.24, 2.45) is 0 Å². The number of nitrogens with zero attached hydrogens (tertiary/aromatic N) is 1. The maximum atomic E-state index is 12.3. The smallest absolute Gasteiger partial charge is 0.257 e. The molecule has 2 N–H and O–H groups in total. The normalized spacial score (nSPS) is 10.0. The SMILES string of the molecule is CCOc1ccc(C(=O)Nc2cccc(NC(C)=O)c2C)cn1. The van der Waals surface area contributed by atoms with Gasteiger partial charge in [-0.2, -0.15) is 0 Å². The van der Waals surface area contributed by atoms with E-state index < -0.39 is 0 Å². The van der Waals surface area contributed by atoms with Crippen molar-refractivity contribution < 1.29 is 14.3 Å². The zero-order valence-electron chi connectivity index (χ0n) is 13.3. The lowest BCUT2D eigenvalue weighted by molar-refractivity contribution is -0.114. The molecule has 2 aromatic rings. The summed E-state index contributed by atoms with van der Waals surface area (Å²) in [6, 6.07) is 8.63. The predicted molar refractivity (Wildman–Crippen MR) is 88.8 cm³/mol. The minimum atomic E-state index is -0.274. The second kappa shape index (κ2) is 7.40. The monoisotopic (exact) mass is 313 g/mol. The second-order valence-electron chi connectivity index (χ2n) is 4.93. The standard InChI is InChI=1S/C17H19N3O3/c1-4-23-16-9-8-13(10-18-16)17(22)20-15-7-5-6-14(11(15)2)19-12(3)21/h5-10H,4H2,1-3H3,(H,19,21)(H,20,22). The summed E-state index contributed by atoms with van der Waals surface area (Å²) in [4.78, 5) is 27.5. The van der Waals surface area contributed by atoms with Gasteiger partial charge in [0.25, 0.3) is 5.91 Å². The third kappa shape index (κ3) is 4.29. The molecular formula is C17H19N3O3. The van der Waals surface area contributed by atoms with Crippen LogP contribution in [0.25, 0.3) is 0 Å². The van der Waals surface area contributed by atoms with Crippen LogP contribution in [0.3, 0.4) is 0 Å². The van der Waals surface area contributed by atoms with Crippen molar-refractivity contribution in [2.45, 2.75) is 20.8 Å². The Hall–Kier alpha value is -2.89. The van der Waals surface area contributed by atoms with E-state index in [1.54, 1.807) is 30.3 Å². The molecule has 1 aromatic carbocycles. The number of rotatable bonds is 5. The van der Waals surface area contributed by atoms with E-state index in [0.717, 1.165) is 5.56 Å². The molecule has 0 aliphatic heterocycles. The fraction of sp³-hybridized carbons (Fsp3) is 0.235. The van der Waals surface area contributed by atoms with E-state index in [1.807, 2.05) is 13.8 Å². The minimum absolute atomic E-state index is 0.160. The number of pyridine rings is 1. The van der Waals surface area contributed by atoms with E-state index in [9.17, 15) is 9.59 Å². The summed E-state index contributed by atoms with van der Waals surface area (Å²) in [6.07, 6.45) is 1.47. The first kappa shape index (κ1) is 16.5. The van der Waals surface area contributed by atoms with Crippen molar-refractivity contribution in [2.75, 3.05) is 17.2 Å². The maximum Gasteiger partial charge on any atom is 0.257 e. The van der Waals surface area contributed by atoms with Gasteiger partial charge in [0, 0.05) is 30.6 Å². The van der Waals surface area contributed by atoms with Crippen LogP contribution in [0.1, 0.15) is 29.8 Å². The number of aromatic nitrogens is 1. The molecule has 0 aliphatic carbocycles. The summed E-state index contributed by atoms with van der Waals surface area (Å²) in [7, 11) is 0. The van der Waals surface area contributed by atoms with Gasteiger partial charge < -0.3 is 15.4 Å². The highest BCUT2D eigenvalue weighted by Gasteiger charge is 2.11. The molecule has 0 spiro atoms. The molecule has 6 heteroatoms. The average molecular weight is 313 g/mol. The highest BCUT2D eigenvalue weighted by molar-refractivity contribution is 6.05. The van der Waals surface area contributed by atoms with Crippen molar-refractivity contribution in [3.63, 3.8) is 0 Å². The minimum Gasteiger partial charge on any atom is -0.478 e. The van der Waals surface area contributed by atoms with Crippen LogP contribution < -0.4 is 15.4 Å². The summed E-state index contributed by atoms with van der Waals surface area (Å²) in [5, 5.41) is 5.55. The highest BCUT2D eigenvalue weighted by Crippen LogP contribution is 2.24. The van der Waals surface area contributed by atoms with Gasteiger partial charge in [-0.1, -0.05) is 6.07 Å². The molecule has 6 nitrogen and oxygen atoms in total. The molecule has 2 rings (SSSR count). The number of carbonyl (C=O) groups excluding carboxylic acids is 2. The Morgan fingerprint density at radius 3 is 2.39 bits per heavy atom. The van der Waals surface area contributed by atoms with E-state index in [2.05, 4.69) is 15.6 Å². The van der Waals surface area contributed by atoms with Crippen LogP contribution in [0.5, 0.6) is 5.88 Å². The molecule has 0 radical (unpaired) electrons. The number of amides is 2. The first-order valence-corrected chi connectivity index (χ1v) is 7.28. The number of benzene rings is 1. The third-order valence-corrected chi connectivity index (χ3v) is 3.18. The van der Waals surface area contributed by atoms with Crippen molar-refractivity contribution in [3.8, 4) is 5.88 Å². The van der Waals surface area contributed by atoms with E-state index in [4.69, 9.17) is 4.74 Å². The molecule has 1 heterocycles. The van der Waals surface area contributed by atoms with Gasteiger partial charge in [-0.15, -0.1) is 0 Å². The lowest BCUT2D eigenvalue weighted by Crippen LogP contribution is -2.14. The van der Waals surface area contributed by atoms with Crippen LogP contribution in [0.4, 0.5) is 11.4 Å². The zero-order chi connectivity index (χ0) is 16.8. The van der Waals surface area contributed by atoms with Gasteiger partial charge in [0.05, 0.1) is 12.2 Å². The van der Waals surface area contributed by atoms with Gasteiger partial charge >= 0.3 is 0 Å². The van der Waals surface area contributed by atoms with Crippen molar-refractivity contribution >= 4 is 23.2 Å². The second-order valence-corrected chi connectivity index (χ2v) is 4.93. The van der Waals surface area contributed by atoms with Crippen LogP contribution >= 0.6 is 0 Å². The molecule has 0 saturated carbocycles. The van der Waals surface area contributed by atoms with E-state index in [-0.39, 0.29) is 11.8 Å². The van der Waals surface area contributed by atoms with Crippen molar-refractivity contribution in [1.82, 2.24) is 4.98 Å². The van der Waals surface area contributed by atoms with Crippen molar-refractivity contribution in [3.05, 3.63) is 47.7 Å². The molecule has 0 bridgehead atoms.